The van der Waals surface area contributed by atoms with E-state index >= 15 is 0 Å². The Morgan fingerprint density at radius 3 is 1.83 bits per heavy atom. The fourth-order valence-electron chi connectivity index (χ4n) is 3.67. The summed E-state index contributed by atoms with van der Waals surface area (Å²) in [6.45, 7) is 0. The van der Waals surface area contributed by atoms with Crippen LogP contribution in [0.5, 0.6) is 0 Å². The summed E-state index contributed by atoms with van der Waals surface area (Å²) < 4.78 is 0. The zero-order valence-electron chi connectivity index (χ0n) is 12.7. The van der Waals surface area contributed by atoms with E-state index in [-0.39, 0.29) is 0 Å². The average molecular weight is 300 g/mol. The maximum atomic E-state index is 9.95. The van der Waals surface area contributed by atoms with E-state index in [0.29, 0.717) is 11.4 Å². The molecule has 1 atom stereocenters. The first-order valence-corrected chi connectivity index (χ1v) is 7.90. The molecular weight excluding hydrogens is 283 g/mol. The maximum Gasteiger partial charge on any atom is 0.489 e. The van der Waals surface area contributed by atoms with Crippen LogP contribution in [-0.4, -0.2) is 17.2 Å². The Morgan fingerprint density at radius 2 is 1.35 bits per heavy atom. The molecule has 3 aromatic rings. The molecule has 0 bridgehead atoms. The van der Waals surface area contributed by atoms with Crippen LogP contribution in [0.3, 0.4) is 0 Å². The summed E-state index contributed by atoms with van der Waals surface area (Å²) in [5, 5.41) is 23.9. The van der Waals surface area contributed by atoms with E-state index in [1.807, 2.05) is 36.4 Å². The monoisotopic (exact) mass is 300 g/mol. The molecule has 4 rings (SSSR count). The lowest BCUT2D eigenvalue weighted by Crippen LogP contribution is -2.31. The summed E-state index contributed by atoms with van der Waals surface area (Å²) in [5.74, 6) is 0.305. The molecule has 0 amide bonds. The summed E-state index contributed by atoms with van der Waals surface area (Å²) in [5.41, 5.74) is 1.86. The molecular formula is C20H17BO2. The maximum absolute atomic E-state index is 9.95. The Labute approximate surface area is 135 Å². The van der Waals surface area contributed by atoms with Gasteiger partial charge in [-0.05, 0) is 39.0 Å². The molecule has 112 valence electrons. The third-order valence-corrected chi connectivity index (χ3v) is 4.62. The molecule has 0 fully saturated rings. The lowest BCUT2D eigenvalue weighted by Gasteiger charge is -2.21. The highest BCUT2D eigenvalue weighted by molar-refractivity contribution is 6.65. The third kappa shape index (κ3) is 2.29. The van der Waals surface area contributed by atoms with Crippen molar-refractivity contribution < 1.29 is 10.0 Å². The van der Waals surface area contributed by atoms with Crippen molar-refractivity contribution in [3.8, 4) is 0 Å². The van der Waals surface area contributed by atoms with Crippen molar-refractivity contribution in [1.29, 1.82) is 0 Å². The zero-order chi connectivity index (χ0) is 15.8. The first-order chi connectivity index (χ1) is 11.3. The van der Waals surface area contributed by atoms with Gasteiger partial charge in [-0.15, -0.1) is 0 Å². The second-order valence-electron chi connectivity index (χ2n) is 5.95. The molecule has 1 aliphatic rings. The van der Waals surface area contributed by atoms with Crippen LogP contribution in [0.4, 0.5) is 0 Å². The predicted molar refractivity (Wildman–Crippen MR) is 96.9 cm³/mol. The van der Waals surface area contributed by atoms with Gasteiger partial charge in [-0.2, -0.15) is 0 Å². The second-order valence-corrected chi connectivity index (χ2v) is 5.95. The molecule has 0 spiro atoms. The van der Waals surface area contributed by atoms with E-state index in [9.17, 15) is 10.0 Å². The van der Waals surface area contributed by atoms with E-state index in [0.717, 1.165) is 28.0 Å². The Kier molecular flexibility index (Phi) is 3.53. The van der Waals surface area contributed by atoms with Crippen molar-refractivity contribution in [3.63, 3.8) is 0 Å². The summed E-state index contributed by atoms with van der Waals surface area (Å²) in [7, 11) is -1.49. The van der Waals surface area contributed by atoms with Gasteiger partial charge in [-0.25, -0.2) is 0 Å². The Bertz CT molecular complexity index is 884. The van der Waals surface area contributed by atoms with Gasteiger partial charge >= 0.3 is 7.12 Å². The smallest absolute Gasteiger partial charge is 0.423 e. The van der Waals surface area contributed by atoms with Gasteiger partial charge in [0.05, 0.1) is 0 Å². The molecule has 0 aromatic heterocycles. The lowest BCUT2D eigenvalue weighted by atomic mass is 9.71. The molecule has 0 aliphatic heterocycles. The quantitative estimate of drug-likeness (QED) is 0.563. The van der Waals surface area contributed by atoms with Gasteiger partial charge in [0, 0.05) is 5.92 Å². The zero-order valence-corrected chi connectivity index (χ0v) is 12.7. The number of benzene rings is 3. The lowest BCUT2D eigenvalue weighted by molar-refractivity contribution is 0.426. The fraction of sp³-hybridized carbons (Fsp3) is 0.100. The largest absolute Gasteiger partial charge is 0.489 e. The second kappa shape index (κ2) is 5.69. The van der Waals surface area contributed by atoms with E-state index in [4.69, 9.17) is 0 Å². The molecule has 2 N–H and O–H groups in total. The standard InChI is InChI=1S/C20H17BO2/c22-21(23)20-17-12-6-4-10-15(17)19(14-8-2-1-3-9-14)16-11-5-7-13-18(16)20/h1-8,10-14,22-23H,9H2. The van der Waals surface area contributed by atoms with Gasteiger partial charge in [0.1, 0.15) is 0 Å². The summed E-state index contributed by atoms with van der Waals surface area (Å²) in [4.78, 5) is 0. The topological polar surface area (TPSA) is 40.5 Å². The fourth-order valence-corrected chi connectivity index (χ4v) is 3.67. The molecule has 3 heteroatoms. The molecule has 1 aliphatic carbocycles. The molecule has 23 heavy (non-hydrogen) atoms. The van der Waals surface area contributed by atoms with Crippen LogP contribution in [-0.2, 0) is 0 Å². The van der Waals surface area contributed by atoms with Crippen molar-refractivity contribution >= 4 is 34.1 Å². The normalized spacial score (nSPS) is 17.0. The summed E-state index contributed by atoms with van der Waals surface area (Å²) >= 11 is 0. The van der Waals surface area contributed by atoms with Crippen molar-refractivity contribution in [2.24, 2.45) is 0 Å². The van der Waals surface area contributed by atoms with Crippen molar-refractivity contribution in [1.82, 2.24) is 0 Å². The van der Waals surface area contributed by atoms with Crippen LogP contribution < -0.4 is 5.46 Å². The van der Waals surface area contributed by atoms with Gasteiger partial charge < -0.3 is 10.0 Å². The number of hydrogen-bond donors (Lipinski definition) is 2. The van der Waals surface area contributed by atoms with Crippen LogP contribution in [0, 0.1) is 0 Å². The first kappa shape index (κ1) is 14.3. The summed E-state index contributed by atoms with van der Waals surface area (Å²) in [6, 6.07) is 16.0. The number of hydrogen-bond acceptors (Lipinski definition) is 2. The number of rotatable bonds is 2. The van der Waals surface area contributed by atoms with Crippen LogP contribution in [0.2, 0.25) is 0 Å². The van der Waals surface area contributed by atoms with E-state index < -0.39 is 7.12 Å². The molecule has 0 saturated heterocycles. The van der Waals surface area contributed by atoms with Crippen LogP contribution >= 0.6 is 0 Å². The van der Waals surface area contributed by atoms with Gasteiger partial charge in [-0.3, -0.25) is 0 Å². The molecule has 0 saturated carbocycles. The van der Waals surface area contributed by atoms with E-state index in [1.54, 1.807) is 0 Å². The van der Waals surface area contributed by atoms with Gasteiger partial charge in [0.25, 0.3) is 0 Å². The number of fused-ring (bicyclic) bond motifs is 2. The van der Waals surface area contributed by atoms with Gasteiger partial charge in [0.15, 0.2) is 0 Å². The average Bonchev–Trinajstić information content (AvgIpc) is 2.59. The minimum atomic E-state index is -1.49. The van der Waals surface area contributed by atoms with E-state index in [2.05, 4.69) is 36.4 Å². The third-order valence-electron chi connectivity index (χ3n) is 4.62. The minimum Gasteiger partial charge on any atom is -0.423 e. The first-order valence-electron chi connectivity index (χ1n) is 7.90. The molecule has 2 nitrogen and oxygen atoms in total. The van der Waals surface area contributed by atoms with Crippen molar-refractivity contribution in [2.75, 3.05) is 0 Å². The SMILES string of the molecule is OB(O)c1c2ccccc2c(C2C=CC=CC2)c2ccccc12. The van der Waals surface area contributed by atoms with Crippen LogP contribution in [0.15, 0.2) is 72.8 Å². The van der Waals surface area contributed by atoms with Gasteiger partial charge in [-0.1, -0.05) is 72.8 Å². The van der Waals surface area contributed by atoms with Crippen LogP contribution in [0.1, 0.15) is 17.9 Å². The Balaban J connectivity index is 2.17. The van der Waals surface area contributed by atoms with E-state index in [1.165, 1.54) is 5.56 Å². The highest BCUT2D eigenvalue weighted by Gasteiger charge is 2.23. The Morgan fingerprint density at radius 1 is 0.783 bits per heavy atom. The molecule has 3 aromatic carbocycles. The Hall–Kier alpha value is -2.36. The van der Waals surface area contributed by atoms with Crippen LogP contribution in [0.25, 0.3) is 21.5 Å². The summed E-state index contributed by atoms with van der Waals surface area (Å²) in [6.07, 6.45) is 9.54. The highest BCUT2D eigenvalue weighted by atomic mass is 16.4. The highest BCUT2D eigenvalue weighted by Crippen LogP contribution is 2.36. The molecule has 0 radical (unpaired) electrons. The van der Waals surface area contributed by atoms with Crippen molar-refractivity contribution in [2.45, 2.75) is 12.3 Å². The minimum absolute atomic E-state index is 0.305. The van der Waals surface area contributed by atoms with Crippen molar-refractivity contribution in [3.05, 3.63) is 78.4 Å². The molecule has 0 heterocycles. The van der Waals surface area contributed by atoms with Gasteiger partial charge in [0.2, 0.25) is 0 Å². The molecule has 1 unspecified atom stereocenters. The number of allylic oxidation sites excluding steroid dienone is 4. The predicted octanol–water partition coefficient (Wildman–Crippen LogP) is 3.27.